The first-order valence-corrected chi connectivity index (χ1v) is 10.8. The number of thiophene rings is 1. The fourth-order valence-corrected chi connectivity index (χ4v) is 4.36. The first-order valence-electron chi connectivity index (χ1n) is 8.06. The molecule has 138 valence electrons. The van der Waals surface area contributed by atoms with Gasteiger partial charge in [-0.2, -0.15) is 0 Å². The standard InChI is InChI=1S/C15H26N4O2S2.HI/c1-2-16-15(17-6-5-14-4-3-11-22-14)18-7-8-19-9-12-23(20,21)13-10-19;/h3-4,11H,2,5-10,12-13H2,1H3,(H2,16,17,18);1H. The predicted octanol–water partition coefficient (Wildman–Crippen LogP) is 1.19. The summed E-state index contributed by atoms with van der Waals surface area (Å²) in [6, 6.07) is 4.21. The lowest BCUT2D eigenvalue weighted by Crippen LogP contribution is -2.42. The molecule has 1 fully saturated rings. The van der Waals surface area contributed by atoms with Crippen molar-refractivity contribution in [3.63, 3.8) is 0 Å². The quantitative estimate of drug-likeness (QED) is 0.344. The second-order valence-electron chi connectivity index (χ2n) is 5.51. The zero-order valence-electron chi connectivity index (χ0n) is 14.0. The van der Waals surface area contributed by atoms with Gasteiger partial charge in [0.25, 0.3) is 0 Å². The van der Waals surface area contributed by atoms with Crippen LogP contribution in [0.1, 0.15) is 11.8 Å². The molecule has 9 heteroatoms. The molecule has 1 aliphatic heterocycles. The Kier molecular flexibility index (Phi) is 10.2. The Bertz CT molecular complexity index is 577. The average molecular weight is 486 g/mol. The van der Waals surface area contributed by atoms with Gasteiger partial charge in [0.05, 0.1) is 18.1 Å². The van der Waals surface area contributed by atoms with Crippen LogP contribution >= 0.6 is 35.3 Å². The van der Waals surface area contributed by atoms with Crippen LogP contribution in [0, 0.1) is 0 Å². The topological polar surface area (TPSA) is 73.8 Å². The molecule has 1 aromatic heterocycles. The summed E-state index contributed by atoms with van der Waals surface area (Å²) in [4.78, 5) is 8.10. The molecule has 0 spiro atoms. The molecule has 0 amide bonds. The molecule has 1 aromatic rings. The van der Waals surface area contributed by atoms with Crippen LogP contribution in [0.5, 0.6) is 0 Å². The van der Waals surface area contributed by atoms with Crippen LogP contribution in [0.25, 0.3) is 0 Å². The predicted molar refractivity (Wildman–Crippen MR) is 113 cm³/mol. The number of rotatable bonds is 7. The van der Waals surface area contributed by atoms with E-state index in [1.807, 2.05) is 6.92 Å². The summed E-state index contributed by atoms with van der Waals surface area (Å²) in [5.74, 6) is 1.37. The van der Waals surface area contributed by atoms with Crippen LogP contribution in [0.4, 0.5) is 0 Å². The van der Waals surface area contributed by atoms with E-state index in [4.69, 9.17) is 0 Å². The number of sulfone groups is 1. The van der Waals surface area contributed by atoms with Gasteiger partial charge in [-0.1, -0.05) is 6.07 Å². The largest absolute Gasteiger partial charge is 0.357 e. The van der Waals surface area contributed by atoms with E-state index in [1.54, 1.807) is 11.3 Å². The van der Waals surface area contributed by atoms with Crippen LogP contribution < -0.4 is 10.6 Å². The molecule has 24 heavy (non-hydrogen) atoms. The molecule has 0 aliphatic carbocycles. The monoisotopic (exact) mass is 486 g/mol. The Hall–Kier alpha value is -0.390. The molecule has 0 atom stereocenters. The van der Waals surface area contributed by atoms with E-state index in [0.29, 0.717) is 19.6 Å². The zero-order chi connectivity index (χ0) is 16.5. The third-order valence-corrected chi connectivity index (χ3v) is 6.26. The fourth-order valence-electron chi connectivity index (χ4n) is 2.38. The van der Waals surface area contributed by atoms with Crippen LogP contribution in [-0.4, -0.2) is 70.1 Å². The van der Waals surface area contributed by atoms with Crippen molar-refractivity contribution in [3.05, 3.63) is 22.4 Å². The molecule has 0 saturated carbocycles. The van der Waals surface area contributed by atoms with Gasteiger partial charge in [-0.3, -0.25) is 9.89 Å². The lowest BCUT2D eigenvalue weighted by atomic mass is 10.3. The number of halogens is 1. The van der Waals surface area contributed by atoms with E-state index in [9.17, 15) is 8.42 Å². The van der Waals surface area contributed by atoms with Crippen molar-refractivity contribution in [2.24, 2.45) is 4.99 Å². The fraction of sp³-hybridized carbons (Fsp3) is 0.667. The van der Waals surface area contributed by atoms with Crippen molar-refractivity contribution in [1.29, 1.82) is 0 Å². The van der Waals surface area contributed by atoms with Gasteiger partial charge in [0.2, 0.25) is 0 Å². The maximum Gasteiger partial charge on any atom is 0.191 e. The van der Waals surface area contributed by atoms with E-state index in [2.05, 4.69) is 38.0 Å². The van der Waals surface area contributed by atoms with Gasteiger partial charge < -0.3 is 10.6 Å². The molecule has 0 unspecified atom stereocenters. The summed E-state index contributed by atoms with van der Waals surface area (Å²) in [7, 11) is -2.80. The van der Waals surface area contributed by atoms with Crippen LogP contribution in [-0.2, 0) is 16.3 Å². The van der Waals surface area contributed by atoms with E-state index in [0.717, 1.165) is 32.0 Å². The number of nitrogens with zero attached hydrogens (tertiary/aromatic N) is 2. The summed E-state index contributed by atoms with van der Waals surface area (Å²) < 4.78 is 22.8. The molecule has 1 aliphatic rings. The lowest BCUT2D eigenvalue weighted by molar-refractivity contribution is 0.304. The van der Waals surface area contributed by atoms with Gasteiger partial charge in [0.1, 0.15) is 0 Å². The van der Waals surface area contributed by atoms with Gasteiger partial charge in [-0.25, -0.2) is 8.42 Å². The molecular weight excluding hydrogens is 459 g/mol. The molecule has 0 aromatic carbocycles. The molecule has 2 N–H and O–H groups in total. The molecule has 0 radical (unpaired) electrons. The highest BCUT2D eigenvalue weighted by Gasteiger charge is 2.20. The van der Waals surface area contributed by atoms with Crippen molar-refractivity contribution in [1.82, 2.24) is 15.5 Å². The maximum absolute atomic E-state index is 11.4. The van der Waals surface area contributed by atoms with E-state index < -0.39 is 9.84 Å². The first kappa shape index (κ1) is 21.7. The van der Waals surface area contributed by atoms with Crippen molar-refractivity contribution < 1.29 is 8.42 Å². The number of nitrogens with one attached hydrogen (secondary N) is 2. The highest BCUT2D eigenvalue weighted by molar-refractivity contribution is 14.0. The number of hydrogen-bond donors (Lipinski definition) is 2. The van der Waals surface area contributed by atoms with Crippen molar-refractivity contribution in [2.45, 2.75) is 13.3 Å². The minimum Gasteiger partial charge on any atom is -0.357 e. The molecular formula is C15H27IN4O2S2. The minimum absolute atomic E-state index is 0. The maximum atomic E-state index is 11.4. The second kappa shape index (κ2) is 11.3. The Morgan fingerprint density at radius 2 is 2.08 bits per heavy atom. The highest BCUT2D eigenvalue weighted by Crippen LogP contribution is 2.08. The number of aliphatic imine (C=N–C) groups is 1. The van der Waals surface area contributed by atoms with E-state index in [-0.39, 0.29) is 35.5 Å². The molecule has 6 nitrogen and oxygen atoms in total. The third kappa shape index (κ3) is 8.13. The highest BCUT2D eigenvalue weighted by atomic mass is 127. The van der Waals surface area contributed by atoms with Crippen LogP contribution in [0.15, 0.2) is 22.5 Å². The van der Waals surface area contributed by atoms with Gasteiger partial charge in [-0.05, 0) is 24.8 Å². The molecule has 1 saturated heterocycles. The van der Waals surface area contributed by atoms with E-state index >= 15 is 0 Å². The first-order chi connectivity index (χ1) is 11.1. The normalized spacial score (nSPS) is 18.0. The summed E-state index contributed by atoms with van der Waals surface area (Å²) in [6.45, 7) is 6.46. The smallest absolute Gasteiger partial charge is 0.191 e. The summed E-state index contributed by atoms with van der Waals surface area (Å²) in [5, 5.41) is 8.67. The SMILES string of the molecule is CCNC(=NCCN1CCS(=O)(=O)CC1)NCCc1cccs1.I. The van der Waals surface area contributed by atoms with Crippen LogP contribution in [0.2, 0.25) is 0 Å². The van der Waals surface area contributed by atoms with Gasteiger partial charge in [-0.15, -0.1) is 35.3 Å². The molecule has 0 bridgehead atoms. The molecule has 2 rings (SSSR count). The Morgan fingerprint density at radius 1 is 1.33 bits per heavy atom. The summed E-state index contributed by atoms with van der Waals surface area (Å²) >= 11 is 1.77. The van der Waals surface area contributed by atoms with Gasteiger partial charge in [0, 0.05) is 37.6 Å². The second-order valence-corrected chi connectivity index (χ2v) is 8.85. The zero-order valence-corrected chi connectivity index (χ0v) is 18.0. The average Bonchev–Trinajstić information content (AvgIpc) is 3.02. The van der Waals surface area contributed by atoms with Gasteiger partial charge >= 0.3 is 0 Å². The Morgan fingerprint density at radius 3 is 2.71 bits per heavy atom. The molecule has 2 heterocycles. The Labute approximate surface area is 166 Å². The van der Waals surface area contributed by atoms with Gasteiger partial charge in [0.15, 0.2) is 15.8 Å². The van der Waals surface area contributed by atoms with Crippen molar-refractivity contribution in [3.8, 4) is 0 Å². The van der Waals surface area contributed by atoms with Crippen molar-refractivity contribution in [2.75, 3.05) is 50.8 Å². The lowest BCUT2D eigenvalue weighted by Gasteiger charge is -2.25. The van der Waals surface area contributed by atoms with E-state index in [1.165, 1.54) is 4.88 Å². The van der Waals surface area contributed by atoms with Crippen molar-refractivity contribution >= 4 is 51.1 Å². The Balaban J connectivity index is 0.00000288. The summed E-state index contributed by atoms with van der Waals surface area (Å²) in [6.07, 6.45) is 0.992. The number of guanidine groups is 1. The van der Waals surface area contributed by atoms with Crippen LogP contribution in [0.3, 0.4) is 0 Å². The number of hydrogen-bond acceptors (Lipinski definition) is 5. The third-order valence-electron chi connectivity index (χ3n) is 3.71. The minimum atomic E-state index is -2.80. The summed E-state index contributed by atoms with van der Waals surface area (Å²) in [5.41, 5.74) is 0.